The lowest BCUT2D eigenvalue weighted by Crippen LogP contribution is -2.38. The summed E-state index contributed by atoms with van der Waals surface area (Å²) in [5, 5.41) is 13.9. The number of likely N-dealkylation sites (tertiary alicyclic amines) is 1. The molecule has 1 aromatic heterocycles. The number of hydrogen-bond donors (Lipinski definition) is 1. The fourth-order valence-corrected chi connectivity index (χ4v) is 4.08. The molecule has 2 fully saturated rings. The van der Waals surface area contributed by atoms with Crippen molar-refractivity contribution in [2.24, 2.45) is 5.92 Å². The van der Waals surface area contributed by atoms with E-state index >= 15 is 0 Å². The maximum Gasteiger partial charge on any atom is 0.407 e. The van der Waals surface area contributed by atoms with Gasteiger partial charge in [0, 0.05) is 20.2 Å². The normalized spacial score (nSPS) is 23.2. The Morgan fingerprint density at radius 1 is 1.25 bits per heavy atom. The summed E-state index contributed by atoms with van der Waals surface area (Å²) in [4.78, 5) is 12.5. The molecule has 1 N–H and O–H groups in total. The van der Waals surface area contributed by atoms with Crippen LogP contribution in [0.5, 0.6) is 11.6 Å². The van der Waals surface area contributed by atoms with Crippen molar-refractivity contribution in [2.45, 2.75) is 44.3 Å². The molecule has 1 aliphatic heterocycles. The Morgan fingerprint density at radius 3 is 2.79 bits per heavy atom. The molecule has 0 unspecified atom stereocenters. The first-order chi connectivity index (χ1) is 13.7. The third-order valence-electron chi connectivity index (χ3n) is 5.74. The predicted molar refractivity (Wildman–Crippen MR) is 101 cm³/mol. The van der Waals surface area contributed by atoms with Crippen LogP contribution in [0.4, 0.5) is 4.79 Å². The van der Waals surface area contributed by atoms with Crippen molar-refractivity contribution < 1.29 is 28.6 Å². The SMILES string of the molecule is CO[C@H]1CCC[C@H]1Oc1cccc2onc(OCC3CCN(C(=O)O)CC3)c12. The molecule has 1 aliphatic carbocycles. The van der Waals surface area contributed by atoms with Gasteiger partial charge in [-0.2, -0.15) is 0 Å². The number of ether oxygens (including phenoxy) is 3. The van der Waals surface area contributed by atoms with Crippen molar-refractivity contribution in [3.05, 3.63) is 18.2 Å². The Hall–Kier alpha value is -2.48. The fraction of sp³-hybridized carbons (Fsp3) is 0.600. The van der Waals surface area contributed by atoms with E-state index in [4.69, 9.17) is 23.8 Å². The van der Waals surface area contributed by atoms with E-state index in [1.807, 2.05) is 18.2 Å². The minimum Gasteiger partial charge on any atom is -0.487 e. The summed E-state index contributed by atoms with van der Waals surface area (Å²) in [6.45, 7) is 1.56. The number of hydrogen-bond acceptors (Lipinski definition) is 6. The van der Waals surface area contributed by atoms with Crippen molar-refractivity contribution in [1.29, 1.82) is 0 Å². The van der Waals surface area contributed by atoms with Crippen molar-refractivity contribution in [3.63, 3.8) is 0 Å². The van der Waals surface area contributed by atoms with Crippen LogP contribution in [0, 0.1) is 5.92 Å². The maximum absolute atomic E-state index is 11.0. The van der Waals surface area contributed by atoms with Crippen LogP contribution in [-0.2, 0) is 4.74 Å². The first kappa shape index (κ1) is 18.9. The van der Waals surface area contributed by atoms with Crippen molar-refractivity contribution in [1.82, 2.24) is 10.1 Å². The minimum atomic E-state index is -0.857. The molecule has 8 heteroatoms. The van der Waals surface area contributed by atoms with E-state index < -0.39 is 6.09 Å². The lowest BCUT2D eigenvalue weighted by Gasteiger charge is -2.29. The highest BCUT2D eigenvalue weighted by molar-refractivity contribution is 5.88. The maximum atomic E-state index is 11.0. The van der Waals surface area contributed by atoms with Crippen LogP contribution < -0.4 is 9.47 Å². The van der Waals surface area contributed by atoms with Gasteiger partial charge in [0.25, 0.3) is 5.88 Å². The van der Waals surface area contributed by atoms with Gasteiger partial charge in [0.1, 0.15) is 17.2 Å². The third kappa shape index (κ3) is 3.87. The molecule has 0 spiro atoms. The molecule has 1 saturated heterocycles. The molecule has 2 aliphatic rings. The largest absolute Gasteiger partial charge is 0.487 e. The summed E-state index contributed by atoms with van der Waals surface area (Å²) in [6, 6.07) is 5.63. The van der Waals surface area contributed by atoms with E-state index in [-0.39, 0.29) is 12.2 Å². The molecule has 2 atom stereocenters. The number of carboxylic acid groups (broad SMARTS) is 1. The molecular weight excluding hydrogens is 364 g/mol. The molecule has 152 valence electrons. The summed E-state index contributed by atoms with van der Waals surface area (Å²) in [5.41, 5.74) is 0.625. The minimum absolute atomic E-state index is 0.0127. The Bertz CT molecular complexity index is 814. The Balaban J connectivity index is 1.44. The van der Waals surface area contributed by atoms with Gasteiger partial charge in [-0.3, -0.25) is 0 Å². The van der Waals surface area contributed by atoms with Crippen LogP contribution in [0.25, 0.3) is 11.0 Å². The number of benzene rings is 1. The highest BCUT2D eigenvalue weighted by Gasteiger charge is 2.30. The predicted octanol–water partition coefficient (Wildman–Crippen LogP) is 3.54. The van der Waals surface area contributed by atoms with Gasteiger partial charge < -0.3 is 28.7 Å². The average Bonchev–Trinajstić information content (AvgIpc) is 3.33. The first-order valence-corrected chi connectivity index (χ1v) is 9.84. The van der Waals surface area contributed by atoms with Gasteiger partial charge >= 0.3 is 6.09 Å². The molecule has 8 nitrogen and oxygen atoms in total. The number of piperidine rings is 1. The zero-order valence-corrected chi connectivity index (χ0v) is 16.0. The van der Waals surface area contributed by atoms with E-state index in [2.05, 4.69) is 5.16 Å². The van der Waals surface area contributed by atoms with Gasteiger partial charge in [0.15, 0.2) is 5.58 Å². The quantitative estimate of drug-likeness (QED) is 0.806. The van der Waals surface area contributed by atoms with Crippen LogP contribution in [0.1, 0.15) is 32.1 Å². The van der Waals surface area contributed by atoms with Gasteiger partial charge in [0.05, 0.1) is 12.7 Å². The summed E-state index contributed by atoms with van der Waals surface area (Å²) >= 11 is 0. The molecule has 4 rings (SSSR count). The number of carbonyl (C=O) groups is 1. The molecule has 2 heterocycles. The van der Waals surface area contributed by atoms with Crippen LogP contribution in [-0.4, -0.2) is 60.3 Å². The number of methoxy groups -OCH3 is 1. The van der Waals surface area contributed by atoms with Crippen LogP contribution in [0.3, 0.4) is 0 Å². The Labute approximate surface area is 163 Å². The summed E-state index contributed by atoms with van der Waals surface area (Å²) in [5.74, 6) is 1.42. The number of fused-ring (bicyclic) bond motifs is 1. The van der Waals surface area contributed by atoms with Gasteiger partial charge in [-0.1, -0.05) is 6.07 Å². The highest BCUT2D eigenvalue weighted by Crippen LogP contribution is 2.37. The zero-order chi connectivity index (χ0) is 19.5. The number of nitrogens with zero attached hydrogens (tertiary/aromatic N) is 2. The summed E-state index contributed by atoms with van der Waals surface area (Å²) < 4.78 is 23.2. The molecule has 2 aromatic rings. The second-order valence-corrected chi connectivity index (χ2v) is 7.50. The van der Waals surface area contributed by atoms with E-state index in [1.165, 1.54) is 4.90 Å². The van der Waals surface area contributed by atoms with E-state index in [1.54, 1.807) is 7.11 Å². The van der Waals surface area contributed by atoms with Gasteiger partial charge in [-0.25, -0.2) is 4.79 Å². The van der Waals surface area contributed by atoms with Gasteiger partial charge in [-0.05, 0) is 55.3 Å². The lowest BCUT2D eigenvalue weighted by molar-refractivity contribution is 0.0235. The summed E-state index contributed by atoms with van der Waals surface area (Å²) in [7, 11) is 1.72. The van der Waals surface area contributed by atoms with Crippen LogP contribution >= 0.6 is 0 Å². The second kappa shape index (κ2) is 8.26. The van der Waals surface area contributed by atoms with Crippen molar-refractivity contribution >= 4 is 17.1 Å². The number of amides is 1. The van der Waals surface area contributed by atoms with Crippen LogP contribution in [0.2, 0.25) is 0 Å². The van der Waals surface area contributed by atoms with Gasteiger partial charge in [-0.15, -0.1) is 0 Å². The molecular formula is C20H26N2O6. The third-order valence-corrected chi connectivity index (χ3v) is 5.74. The van der Waals surface area contributed by atoms with E-state index in [9.17, 15) is 4.79 Å². The molecule has 28 heavy (non-hydrogen) atoms. The Kier molecular flexibility index (Phi) is 5.57. The molecule has 1 aromatic carbocycles. The van der Waals surface area contributed by atoms with E-state index in [0.717, 1.165) is 37.5 Å². The van der Waals surface area contributed by atoms with Gasteiger partial charge in [0.2, 0.25) is 0 Å². The molecule has 1 amide bonds. The monoisotopic (exact) mass is 390 g/mol. The van der Waals surface area contributed by atoms with E-state index in [0.29, 0.717) is 42.8 Å². The molecule has 0 bridgehead atoms. The topological polar surface area (TPSA) is 94.3 Å². The second-order valence-electron chi connectivity index (χ2n) is 7.50. The fourth-order valence-electron chi connectivity index (χ4n) is 4.08. The zero-order valence-electron chi connectivity index (χ0n) is 16.0. The first-order valence-electron chi connectivity index (χ1n) is 9.84. The average molecular weight is 390 g/mol. The number of rotatable bonds is 6. The highest BCUT2D eigenvalue weighted by atomic mass is 16.5. The van der Waals surface area contributed by atoms with Crippen LogP contribution in [0.15, 0.2) is 22.7 Å². The Morgan fingerprint density at radius 2 is 2.04 bits per heavy atom. The standard InChI is InChI=1S/C20H26N2O6/c1-25-14-4-2-5-15(14)27-16-6-3-7-17-18(16)19(21-28-17)26-12-13-8-10-22(11-9-13)20(23)24/h3,6-7,13-15H,2,4-5,8-12H2,1H3,(H,23,24)/t14-,15+/m0/s1. The van der Waals surface area contributed by atoms with Crippen molar-refractivity contribution in [3.8, 4) is 11.6 Å². The van der Waals surface area contributed by atoms with Crippen molar-refractivity contribution in [2.75, 3.05) is 26.8 Å². The number of aromatic nitrogens is 1. The molecule has 1 saturated carbocycles. The molecule has 0 radical (unpaired) electrons. The lowest BCUT2D eigenvalue weighted by atomic mass is 9.98. The summed E-state index contributed by atoms with van der Waals surface area (Å²) in [6.07, 6.45) is 3.85. The smallest absolute Gasteiger partial charge is 0.407 e.